The smallest absolute Gasteiger partial charge is 0.244 e. The Labute approximate surface area is 113 Å². The van der Waals surface area contributed by atoms with Gasteiger partial charge in [0, 0.05) is 23.3 Å². The molecule has 1 N–H and O–H groups in total. The standard InChI is InChI=1S/C14H19ClN2O/c1-9(2)16-12-7-8-17(14(12)18)13-6-4-5-11(15)10(13)3/h4-6,9,12,16H,7-8H2,1-3H3. The van der Waals surface area contributed by atoms with Crippen LogP contribution in [0.4, 0.5) is 5.69 Å². The average molecular weight is 267 g/mol. The van der Waals surface area contributed by atoms with Gasteiger partial charge in [-0.1, -0.05) is 31.5 Å². The Morgan fingerprint density at radius 2 is 2.17 bits per heavy atom. The lowest BCUT2D eigenvalue weighted by molar-refractivity contribution is -0.118. The number of hydrogen-bond donors (Lipinski definition) is 1. The molecule has 0 bridgehead atoms. The van der Waals surface area contributed by atoms with Crippen molar-refractivity contribution < 1.29 is 4.79 Å². The van der Waals surface area contributed by atoms with Gasteiger partial charge in [0.1, 0.15) is 0 Å². The minimum Gasteiger partial charge on any atom is -0.311 e. The summed E-state index contributed by atoms with van der Waals surface area (Å²) in [5.41, 5.74) is 1.90. The summed E-state index contributed by atoms with van der Waals surface area (Å²) in [6, 6.07) is 5.95. The fourth-order valence-corrected chi connectivity index (χ4v) is 2.53. The van der Waals surface area contributed by atoms with E-state index in [4.69, 9.17) is 11.6 Å². The Bertz CT molecular complexity index is 459. The van der Waals surface area contributed by atoms with Crippen LogP contribution in [-0.4, -0.2) is 24.5 Å². The molecule has 1 aromatic rings. The van der Waals surface area contributed by atoms with E-state index in [9.17, 15) is 4.79 Å². The van der Waals surface area contributed by atoms with E-state index in [1.165, 1.54) is 0 Å². The maximum atomic E-state index is 12.3. The Balaban J connectivity index is 2.21. The number of carbonyl (C=O) groups is 1. The van der Waals surface area contributed by atoms with Crippen LogP contribution in [0.15, 0.2) is 18.2 Å². The molecule has 98 valence electrons. The molecule has 0 radical (unpaired) electrons. The number of hydrogen-bond acceptors (Lipinski definition) is 2. The number of carbonyl (C=O) groups excluding carboxylic acids is 1. The van der Waals surface area contributed by atoms with Crippen molar-refractivity contribution >= 4 is 23.2 Å². The summed E-state index contributed by atoms with van der Waals surface area (Å²) in [4.78, 5) is 14.2. The normalized spacial score (nSPS) is 19.9. The summed E-state index contributed by atoms with van der Waals surface area (Å²) >= 11 is 6.11. The predicted molar refractivity (Wildman–Crippen MR) is 75.2 cm³/mol. The Kier molecular flexibility index (Phi) is 3.93. The van der Waals surface area contributed by atoms with E-state index in [1.807, 2.05) is 30.0 Å². The first-order valence-corrected chi connectivity index (χ1v) is 6.71. The van der Waals surface area contributed by atoms with Gasteiger partial charge in [0.15, 0.2) is 0 Å². The zero-order valence-electron chi connectivity index (χ0n) is 11.0. The van der Waals surface area contributed by atoms with Gasteiger partial charge < -0.3 is 10.2 Å². The SMILES string of the molecule is Cc1c(Cl)cccc1N1CCC(NC(C)C)C1=O. The van der Waals surface area contributed by atoms with Crippen molar-refractivity contribution in [1.29, 1.82) is 0 Å². The minimum atomic E-state index is -0.0663. The van der Waals surface area contributed by atoms with Crippen LogP contribution in [0.25, 0.3) is 0 Å². The third kappa shape index (κ3) is 2.52. The summed E-state index contributed by atoms with van der Waals surface area (Å²) in [7, 11) is 0. The van der Waals surface area contributed by atoms with E-state index >= 15 is 0 Å². The van der Waals surface area contributed by atoms with Crippen LogP contribution in [0.1, 0.15) is 25.8 Å². The van der Waals surface area contributed by atoms with Crippen molar-refractivity contribution in [3.63, 3.8) is 0 Å². The fraction of sp³-hybridized carbons (Fsp3) is 0.500. The summed E-state index contributed by atoms with van der Waals surface area (Å²) in [6.45, 7) is 6.82. The van der Waals surface area contributed by atoms with Crippen LogP contribution in [0.2, 0.25) is 5.02 Å². The molecule has 1 unspecified atom stereocenters. The molecule has 0 aliphatic carbocycles. The average Bonchev–Trinajstić information content (AvgIpc) is 2.64. The molecule has 18 heavy (non-hydrogen) atoms. The van der Waals surface area contributed by atoms with Gasteiger partial charge in [0.25, 0.3) is 0 Å². The van der Waals surface area contributed by atoms with Gasteiger partial charge in [0.2, 0.25) is 5.91 Å². The van der Waals surface area contributed by atoms with Crippen LogP contribution < -0.4 is 10.2 Å². The Hall–Kier alpha value is -1.06. The lowest BCUT2D eigenvalue weighted by Gasteiger charge is -2.20. The number of halogens is 1. The number of benzene rings is 1. The number of nitrogens with one attached hydrogen (secondary N) is 1. The third-order valence-electron chi connectivity index (χ3n) is 3.27. The highest BCUT2D eigenvalue weighted by atomic mass is 35.5. The summed E-state index contributed by atoms with van der Waals surface area (Å²) < 4.78 is 0. The van der Waals surface area contributed by atoms with E-state index in [0.717, 1.165) is 24.2 Å². The van der Waals surface area contributed by atoms with Crippen molar-refractivity contribution in [3.05, 3.63) is 28.8 Å². The summed E-state index contributed by atoms with van der Waals surface area (Å²) in [6.07, 6.45) is 0.850. The van der Waals surface area contributed by atoms with Gasteiger partial charge in [-0.3, -0.25) is 4.79 Å². The van der Waals surface area contributed by atoms with Gasteiger partial charge in [-0.15, -0.1) is 0 Å². The molecule has 0 aromatic heterocycles. The molecule has 0 spiro atoms. The topological polar surface area (TPSA) is 32.3 Å². The van der Waals surface area contributed by atoms with Gasteiger partial charge >= 0.3 is 0 Å². The molecule has 1 saturated heterocycles. The van der Waals surface area contributed by atoms with E-state index in [1.54, 1.807) is 0 Å². The minimum absolute atomic E-state index is 0.0663. The largest absolute Gasteiger partial charge is 0.311 e. The van der Waals surface area contributed by atoms with Gasteiger partial charge in [-0.05, 0) is 31.0 Å². The molecule has 1 heterocycles. The highest BCUT2D eigenvalue weighted by Gasteiger charge is 2.33. The van der Waals surface area contributed by atoms with E-state index in [-0.39, 0.29) is 11.9 Å². The molecule has 1 aliphatic heterocycles. The molecular weight excluding hydrogens is 248 g/mol. The van der Waals surface area contributed by atoms with Crippen molar-refractivity contribution in [2.45, 2.75) is 39.3 Å². The number of rotatable bonds is 3. The second kappa shape index (κ2) is 5.29. The monoisotopic (exact) mass is 266 g/mol. The molecule has 2 rings (SSSR count). The van der Waals surface area contributed by atoms with E-state index < -0.39 is 0 Å². The lowest BCUT2D eigenvalue weighted by atomic mass is 10.2. The highest BCUT2D eigenvalue weighted by molar-refractivity contribution is 6.31. The maximum absolute atomic E-state index is 12.3. The Morgan fingerprint density at radius 3 is 2.83 bits per heavy atom. The van der Waals surface area contributed by atoms with Crippen LogP contribution in [0.3, 0.4) is 0 Å². The summed E-state index contributed by atoms with van der Waals surface area (Å²) in [5.74, 6) is 0.147. The van der Waals surface area contributed by atoms with Gasteiger partial charge in [-0.2, -0.15) is 0 Å². The zero-order valence-corrected chi connectivity index (χ0v) is 11.8. The van der Waals surface area contributed by atoms with Crippen LogP contribution in [-0.2, 0) is 4.79 Å². The molecular formula is C14H19ClN2O. The molecule has 1 aliphatic rings. The molecule has 1 aromatic carbocycles. The van der Waals surface area contributed by atoms with Crippen LogP contribution in [0.5, 0.6) is 0 Å². The Morgan fingerprint density at radius 1 is 1.44 bits per heavy atom. The van der Waals surface area contributed by atoms with Crippen molar-refractivity contribution in [3.8, 4) is 0 Å². The zero-order chi connectivity index (χ0) is 13.3. The van der Waals surface area contributed by atoms with E-state index in [2.05, 4.69) is 19.2 Å². The molecule has 4 heteroatoms. The summed E-state index contributed by atoms with van der Waals surface area (Å²) in [5, 5.41) is 4.01. The molecule has 0 saturated carbocycles. The first-order chi connectivity index (χ1) is 8.50. The van der Waals surface area contributed by atoms with Crippen molar-refractivity contribution in [1.82, 2.24) is 5.32 Å². The number of anilines is 1. The van der Waals surface area contributed by atoms with Gasteiger partial charge in [0.05, 0.1) is 6.04 Å². The lowest BCUT2D eigenvalue weighted by Crippen LogP contribution is -2.41. The molecule has 1 atom stereocenters. The van der Waals surface area contributed by atoms with Crippen LogP contribution >= 0.6 is 11.6 Å². The number of amides is 1. The maximum Gasteiger partial charge on any atom is 0.244 e. The molecule has 3 nitrogen and oxygen atoms in total. The second-order valence-corrected chi connectivity index (χ2v) is 5.44. The van der Waals surface area contributed by atoms with Crippen LogP contribution in [0, 0.1) is 6.92 Å². The highest BCUT2D eigenvalue weighted by Crippen LogP contribution is 2.29. The molecule has 1 fully saturated rings. The third-order valence-corrected chi connectivity index (χ3v) is 3.68. The molecule has 1 amide bonds. The van der Waals surface area contributed by atoms with Gasteiger partial charge in [-0.25, -0.2) is 0 Å². The number of nitrogens with zero attached hydrogens (tertiary/aromatic N) is 1. The first-order valence-electron chi connectivity index (χ1n) is 6.33. The first kappa shape index (κ1) is 13.4. The fourth-order valence-electron chi connectivity index (χ4n) is 2.36. The second-order valence-electron chi connectivity index (χ2n) is 5.04. The van der Waals surface area contributed by atoms with Crippen molar-refractivity contribution in [2.24, 2.45) is 0 Å². The van der Waals surface area contributed by atoms with Crippen molar-refractivity contribution in [2.75, 3.05) is 11.4 Å². The quantitative estimate of drug-likeness (QED) is 0.912. The predicted octanol–water partition coefficient (Wildman–Crippen LogP) is 2.75. The van der Waals surface area contributed by atoms with E-state index in [0.29, 0.717) is 11.1 Å².